The third-order valence-electron chi connectivity index (χ3n) is 3.92. The van der Waals surface area contributed by atoms with Crippen LogP contribution in [0.25, 0.3) is 0 Å². The first-order chi connectivity index (χ1) is 11.9. The average molecular weight is 342 g/mol. The summed E-state index contributed by atoms with van der Waals surface area (Å²) in [5.74, 6) is -1.15. The van der Waals surface area contributed by atoms with E-state index in [0.29, 0.717) is 17.9 Å². The Bertz CT molecular complexity index is 858. The van der Waals surface area contributed by atoms with E-state index in [0.717, 1.165) is 27.3 Å². The van der Waals surface area contributed by atoms with Crippen molar-refractivity contribution in [3.63, 3.8) is 0 Å². The van der Waals surface area contributed by atoms with Gasteiger partial charge in [0.1, 0.15) is 6.54 Å². The molecule has 25 heavy (non-hydrogen) atoms. The predicted molar refractivity (Wildman–Crippen MR) is 87.6 cm³/mol. The Labute approximate surface area is 144 Å². The van der Waals surface area contributed by atoms with Crippen LogP contribution in [0.15, 0.2) is 22.7 Å². The highest BCUT2D eigenvalue weighted by Crippen LogP contribution is 2.27. The van der Waals surface area contributed by atoms with Crippen LogP contribution in [0, 0.1) is 13.8 Å². The van der Waals surface area contributed by atoms with Crippen molar-refractivity contribution in [3.8, 4) is 0 Å². The number of imide groups is 2. The van der Waals surface area contributed by atoms with E-state index in [4.69, 9.17) is 4.52 Å². The lowest BCUT2D eigenvalue weighted by Crippen LogP contribution is -2.33. The van der Waals surface area contributed by atoms with Crippen molar-refractivity contribution in [2.45, 2.75) is 40.2 Å². The van der Waals surface area contributed by atoms with Gasteiger partial charge in [-0.25, -0.2) is 14.6 Å². The maximum absolute atomic E-state index is 12.6. The summed E-state index contributed by atoms with van der Waals surface area (Å²) in [6.07, 6.45) is 1.48. The molecule has 1 fully saturated rings. The Balaban J connectivity index is 1.86. The van der Waals surface area contributed by atoms with E-state index in [2.05, 4.69) is 10.1 Å². The summed E-state index contributed by atoms with van der Waals surface area (Å²) in [6, 6.07) is 4.57. The molecule has 2 aromatic rings. The molecule has 0 aliphatic carbocycles. The molecule has 2 heterocycles. The van der Waals surface area contributed by atoms with Crippen molar-refractivity contribution in [1.29, 1.82) is 0 Å². The fourth-order valence-corrected chi connectivity index (χ4v) is 2.73. The minimum absolute atomic E-state index is 0.125. The van der Waals surface area contributed by atoms with E-state index in [-0.39, 0.29) is 12.4 Å². The van der Waals surface area contributed by atoms with E-state index >= 15 is 0 Å². The Morgan fingerprint density at radius 3 is 2.56 bits per heavy atom. The summed E-state index contributed by atoms with van der Waals surface area (Å²) in [4.78, 5) is 43.0. The van der Waals surface area contributed by atoms with Gasteiger partial charge in [-0.1, -0.05) is 29.8 Å². The molecule has 0 saturated carbocycles. The van der Waals surface area contributed by atoms with Crippen LogP contribution in [0.1, 0.15) is 36.2 Å². The molecule has 1 aliphatic heterocycles. The molecule has 0 unspecified atom stereocenters. The molecule has 0 radical (unpaired) electrons. The molecule has 130 valence electrons. The topological polar surface area (TPSA) is 96.6 Å². The molecule has 0 N–H and O–H groups in total. The maximum Gasteiger partial charge on any atom is 0.339 e. The number of aryl methyl sites for hydroxylation is 3. The molecule has 8 heteroatoms. The molecule has 0 spiro atoms. The number of benzene rings is 1. The number of carbonyl (C=O) groups is 3. The zero-order valence-electron chi connectivity index (χ0n) is 14.3. The monoisotopic (exact) mass is 342 g/mol. The molecule has 4 amide bonds. The van der Waals surface area contributed by atoms with Crippen molar-refractivity contribution >= 4 is 23.5 Å². The van der Waals surface area contributed by atoms with Crippen molar-refractivity contribution in [1.82, 2.24) is 15.0 Å². The summed E-state index contributed by atoms with van der Waals surface area (Å²) in [7, 11) is 0. The fourth-order valence-electron chi connectivity index (χ4n) is 2.73. The van der Waals surface area contributed by atoms with Crippen molar-refractivity contribution < 1.29 is 18.9 Å². The van der Waals surface area contributed by atoms with Crippen molar-refractivity contribution in [3.05, 3.63) is 41.0 Å². The van der Waals surface area contributed by atoms with Gasteiger partial charge in [-0.2, -0.15) is 4.98 Å². The van der Waals surface area contributed by atoms with Crippen LogP contribution >= 0.6 is 0 Å². The first-order valence-corrected chi connectivity index (χ1v) is 8.01. The second-order valence-electron chi connectivity index (χ2n) is 5.96. The summed E-state index contributed by atoms with van der Waals surface area (Å²) in [5, 5.41) is 3.78. The zero-order chi connectivity index (χ0) is 18.1. The maximum atomic E-state index is 12.6. The van der Waals surface area contributed by atoms with Gasteiger partial charge >= 0.3 is 17.8 Å². The number of urea groups is 1. The van der Waals surface area contributed by atoms with Crippen LogP contribution in [0.5, 0.6) is 0 Å². The second kappa shape index (κ2) is 6.46. The first kappa shape index (κ1) is 16.8. The number of hydrogen-bond donors (Lipinski definition) is 0. The number of amides is 4. The van der Waals surface area contributed by atoms with E-state index in [1.807, 2.05) is 19.9 Å². The van der Waals surface area contributed by atoms with Gasteiger partial charge in [0, 0.05) is 6.42 Å². The number of anilines is 1. The van der Waals surface area contributed by atoms with Gasteiger partial charge in [-0.15, -0.1) is 0 Å². The molecular weight excluding hydrogens is 324 g/mol. The van der Waals surface area contributed by atoms with Gasteiger partial charge in [0.25, 0.3) is 0 Å². The van der Waals surface area contributed by atoms with E-state index in [1.165, 1.54) is 0 Å². The van der Waals surface area contributed by atoms with Gasteiger partial charge < -0.3 is 4.52 Å². The summed E-state index contributed by atoms with van der Waals surface area (Å²) < 4.78 is 5.05. The van der Waals surface area contributed by atoms with Crippen LogP contribution < -0.4 is 4.90 Å². The fraction of sp³-hybridized carbons (Fsp3) is 0.353. The Hall–Kier alpha value is -3.03. The number of aromatic nitrogens is 2. The second-order valence-corrected chi connectivity index (χ2v) is 5.96. The molecule has 1 aliphatic rings. The Morgan fingerprint density at radius 2 is 1.88 bits per heavy atom. The van der Waals surface area contributed by atoms with E-state index < -0.39 is 17.8 Å². The zero-order valence-corrected chi connectivity index (χ0v) is 14.3. The largest absolute Gasteiger partial charge is 0.339 e. The van der Waals surface area contributed by atoms with Crippen molar-refractivity contribution in [2.75, 3.05) is 4.90 Å². The molecular formula is C17H18N4O4. The Kier molecular flexibility index (Phi) is 4.35. The summed E-state index contributed by atoms with van der Waals surface area (Å²) in [6.45, 7) is 5.45. The third kappa shape index (κ3) is 3.02. The lowest BCUT2D eigenvalue weighted by atomic mass is 10.1. The highest BCUT2D eigenvalue weighted by Gasteiger charge is 2.46. The van der Waals surface area contributed by atoms with Gasteiger partial charge in [0.05, 0.1) is 5.69 Å². The highest BCUT2D eigenvalue weighted by molar-refractivity contribution is 6.52. The van der Waals surface area contributed by atoms with Crippen LogP contribution in [0.2, 0.25) is 0 Å². The predicted octanol–water partition coefficient (Wildman–Crippen LogP) is 2.13. The van der Waals surface area contributed by atoms with Gasteiger partial charge in [-0.3, -0.25) is 9.59 Å². The quantitative estimate of drug-likeness (QED) is 0.610. The summed E-state index contributed by atoms with van der Waals surface area (Å²) >= 11 is 0. The summed E-state index contributed by atoms with van der Waals surface area (Å²) in [5.41, 5.74) is 2.13. The molecule has 1 aromatic heterocycles. The van der Waals surface area contributed by atoms with Gasteiger partial charge in [0.15, 0.2) is 5.82 Å². The van der Waals surface area contributed by atoms with Gasteiger partial charge in [-0.05, 0) is 31.9 Å². The van der Waals surface area contributed by atoms with Crippen LogP contribution in [-0.4, -0.2) is 32.9 Å². The number of carbonyl (C=O) groups excluding carboxylic acids is 3. The van der Waals surface area contributed by atoms with Gasteiger partial charge in [0.2, 0.25) is 5.89 Å². The Morgan fingerprint density at radius 1 is 1.12 bits per heavy atom. The molecule has 1 saturated heterocycles. The van der Waals surface area contributed by atoms with E-state index in [1.54, 1.807) is 19.1 Å². The number of rotatable bonds is 5. The molecule has 3 rings (SSSR count). The van der Waals surface area contributed by atoms with Crippen LogP contribution in [-0.2, 0) is 22.6 Å². The smallest absolute Gasteiger partial charge is 0.337 e. The van der Waals surface area contributed by atoms with Crippen molar-refractivity contribution in [2.24, 2.45) is 0 Å². The number of hydrogen-bond acceptors (Lipinski definition) is 6. The minimum Gasteiger partial charge on any atom is -0.337 e. The standard InChI is InChI=1S/C17H18N4O4/c1-4-5-13-18-14(25-19-13)9-20-15(22)16(23)21(17(20)24)12-7-6-10(2)8-11(12)3/h6-8H,4-5,9H2,1-3H3. The van der Waals surface area contributed by atoms with E-state index in [9.17, 15) is 14.4 Å². The minimum atomic E-state index is -0.903. The SMILES string of the molecule is CCCc1noc(CN2C(=O)C(=O)N(c3ccc(C)cc3C)C2=O)n1. The number of nitrogens with zero attached hydrogens (tertiary/aromatic N) is 4. The normalized spacial score (nSPS) is 14.8. The molecule has 0 bridgehead atoms. The highest BCUT2D eigenvalue weighted by atomic mass is 16.5. The lowest BCUT2D eigenvalue weighted by Gasteiger charge is -2.16. The van der Waals surface area contributed by atoms with Crippen LogP contribution in [0.3, 0.4) is 0 Å². The third-order valence-corrected chi connectivity index (χ3v) is 3.92. The molecule has 0 atom stereocenters. The molecule has 1 aromatic carbocycles. The average Bonchev–Trinajstić information content (AvgIpc) is 3.08. The van der Waals surface area contributed by atoms with Crippen LogP contribution in [0.4, 0.5) is 10.5 Å². The molecule has 8 nitrogen and oxygen atoms in total. The lowest BCUT2D eigenvalue weighted by molar-refractivity contribution is -0.139. The first-order valence-electron chi connectivity index (χ1n) is 8.01.